The van der Waals surface area contributed by atoms with Gasteiger partial charge in [0, 0.05) is 31.7 Å². The van der Waals surface area contributed by atoms with Gasteiger partial charge in [-0.05, 0) is 51.7 Å². The number of anilines is 1. The molecule has 36 heavy (non-hydrogen) atoms. The Bertz CT molecular complexity index is 1160. The number of carbonyl (C=O) groups excluding carboxylic acids is 2. The maximum Gasteiger partial charge on any atom is 0.309 e. The number of nitriles is 1. The average molecular weight is 531 g/mol. The molecule has 0 bridgehead atoms. The highest BCUT2D eigenvalue weighted by atomic mass is 32.2. The van der Waals surface area contributed by atoms with Crippen molar-refractivity contribution in [1.29, 1.82) is 5.26 Å². The van der Waals surface area contributed by atoms with E-state index in [4.69, 9.17) is 17.0 Å². The van der Waals surface area contributed by atoms with Gasteiger partial charge in [0.1, 0.15) is 21.8 Å². The number of unbranched alkanes of at least 4 members (excludes halogenated alkanes) is 2. The summed E-state index contributed by atoms with van der Waals surface area (Å²) in [5.74, 6) is 0.177. The topological polar surface area (TPSA) is 95.6 Å². The third kappa shape index (κ3) is 5.68. The van der Waals surface area contributed by atoms with Gasteiger partial charge >= 0.3 is 5.97 Å². The molecule has 194 valence electrons. The highest BCUT2D eigenvalue weighted by Crippen LogP contribution is 2.37. The van der Waals surface area contributed by atoms with Gasteiger partial charge < -0.3 is 9.64 Å². The Hall–Kier alpha value is -2.64. The third-order valence-corrected chi connectivity index (χ3v) is 8.09. The number of pyridine rings is 1. The quantitative estimate of drug-likeness (QED) is 0.203. The number of hydrogen-bond donors (Lipinski definition) is 0. The Morgan fingerprint density at radius 3 is 2.50 bits per heavy atom. The molecule has 0 aromatic carbocycles. The Kier molecular flexibility index (Phi) is 9.74. The molecule has 2 aliphatic heterocycles. The second-order valence-electron chi connectivity index (χ2n) is 8.95. The zero-order valence-electron chi connectivity index (χ0n) is 21.5. The summed E-state index contributed by atoms with van der Waals surface area (Å²) in [5, 5.41) is 9.76. The van der Waals surface area contributed by atoms with E-state index in [9.17, 15) is 19.6 Å². The predicted octanol–water partition coefficient (Wildman–Crippen LogP) is 4.22. The number of esters is 1. The number of ether oxygens (including phenoxy) is 1. The molecule has 1 aromatic rings. The van der Waals surface area contributed by atoms with Crippen molar-refractivity contribution in [2.75, 3.05) is 31.1 Å². The van der Waals surface area contributed by atoms with Crippen LogP contribution in [0.15, 0.2) is 9.70 Å². The molecule has 0 spiro atoms. The van der Waals surface area contributed by atoms with Crippen LogP contribution in [0.3, 0.4) is 0 Å². The summed E-state index contributed by atoms with van der Waals surface area (Å²) in [5.41, 5.74) is 0.957. The number of piperidine rings is 1. The second kappa shape index (κ2) is 12.5. The molecule has 1 aromatic heterocycles. The molecule has 3 rings (SSSR count). The Morgan fingerprint density at radius 2 is 1.92 bits per heavy atom. The average Bonchev–Trinajstić information content (AvgIpc) is 3.13. The zero-order chi connectivity index (χ0) is 26.4. The van der Waals surface area contributed by atoms with Crippen molar-refractivity contribution in [3.8, 4) is 6.07 Å². The lowest BCUT2D eigenvalue weighted by atomic mass is 9.95. The standard InChI is InChI=1S/C26H34N4O4S2/c1-5-8-9-12-30-24(32)21(36-26(30)35)15-19-17(4)20(16-27)23(31)29(6-2)22(19)28-13-10-18(11-14-28)25(33)34-7-3/h15,18H,5-14H2,1-4H3/b21-15-. The lowest BCUT2D eigenvalue weighted by Crippen LogP contribution is -2.41. The first-order chi connectivity index (χ1) is 17.3. The molecule has 0 N–H and O–H groups in total. The van der Waals surface area contributed by atoms with Crippen LogP contribution in [0.4, 0.5) is 5.82 Å². The molecule has 1 amide bonds. The zero-order valence-corrected chi connectivity index (χ0v) is 23.1. The van der Waals surface area contributed by atoms with Crippen LogP contribution in [-0.4, -0.2) is 51.9 Å². The van der Waals surface area contributed by atoms with Crippen LogP contribution in [-0.2, 0) is 20.9 Å². The van der Waals surface area contributed by atoms with E-state index in [0.29, 0.717) is 71.8 Å². The molecule has 0 saturated carbocycles. The van der Waals surface area contributed by atoms with Crippen molar-refractivity contribution in [1.82, 2.24) is 9.47 Å². The van der Waals surface area contributed by atoms with E-state index < -0.39 is 0 Å². The van der Waals surface area contributed by atoms with E-state index >= 15 is 0 Å². The Balaban J connectivity index is 2.04. The first-order valence-electron chi connectivity index (χ1n) is 12.6. The predicted molar refractivity (Wildman–Crippen MR) is 147 cm³/mol. The molecule has 0 aliphatic carbocycles. The van der Waals surface area contributed by atoms with E-state index in [2.05, 4.69) is 17.9 Å². The minimum atomic E-state index is -0.343. The van der Waals surface area contributed by atoms with Gasteiger partial charge in [0.05, 0.1) is 17.4 Å². The van der Waals surface area contributed by atoms with Crippen LogP contribution >= 0.6 is 24.0 Å². The molecule has 0 atom stereocenters. The van der Waals surface area contributed by atoms with Gasteiger partial charge in [-0.25, -0.2) is 0 Å². The highest BCUT2D eigenvalue weighted by molar-refractivity contribution is 8.26. The van der Waals surface area contributed by atoms with Crippen LogP contribution in [0.2, 0.25) is 0 Å². The molecule has 2 fully saturated rings. The number of nitrogens with zero attached hydrogens (tertiary/aromatic N) is 4. The molecule has 8 nitrogen and oxygen atoms in total. The van der Waals surface area contributed by atoms with E-state index in [0.717, 1.165) is 19.3 Å². The summed E-state index contributed by atoms with van der Waals surface area (Å²) >= 11 is 6.75. The first kappa shape index (κ1) is 27.9. The number of amides is 1. The number of hydrogen-bond acceptors (Lipinski definition) is 8. The molecular weight excluding hydrogens is 496 g/mol. The van der Waals surface area contributed by atoms with E-state index in [1.165, 1.54) is 11.8 Å². The fourth-order valence-electron chi connectivity index (χ4n) is 4.71. The van der Waals surface area contributed by atoms with Gasteiger partial charge in [0.2, 0.25) is 0 Å². The largest absolute Gasteiger partial charge is 0.466 e. The maximum atomic E-state index is 13.2. The summed E-state index contributed by atoms with van der Waals surface area (Å²) in [6.45, 7) is 9.96. The highest BCUT2D eigenvalue weighted by Gasteiger charge is 2.34. The summed E-state index contributed by atoms with van der Waals surface area (Å²) in [6, 6.07) is 2.06. The minimum Gasteiger partial charge on any atom is -0.466 e. The summed E-state index contributed by atoms with van der Waals surface area (Å²) < 4.78 is 7.33. The fourth-order valence-corrected chi connectivity index (χ4v) is 6.00. The number of rotatable bonds is 9. The molecule has 0 unspecified atom stereocenters. The molecule has 2 saturated heterocycles. The maximum absolute atomic E-state index is 13.2. The van der Waals surface area contributed by atoms with Crippen molar-refractivity contribution >= 4 is 52.1 Å². The first-order valence-corrected chi connectivity index (χ1v) is 13.9. The second-order valence-corrected chi connectivity index (χ2v) is 10.6. The van der Waals surface area contributed by atoms with Gasteiger partial charge in [-0.2, -0.15) is 5.26 Å². The lowest BCUT2D eigenvalue weighted by molar-refractivity contribution is -0.148. The minimum absolute atomic E-state index is 0.0756. The van der Waals surface area contributed by atoms with Crippen LogP contribution in [0.5, 0.6) is 0 Å². The molecule has 10 heteroatoms. The van der Waals surface area contributed by atoms with Crippen LogP contribution in [0.1, 0.15) is 69.6 Å². The summed E-state index contributed by atoms with van der Waals surface area (Å²) in [7, 11) is 0. The van der Waals surface area contributed by atoms with Crippen molar-refractivity contribution in [2.24, 2.45) is 5.92 Å². The Labute approximate surface area is 222 Å². The van der Waals surface area contributed by atoms with Crippen molar-refractivity contribution < 1.29 is 14.3 Å². The molecule has 3 heterocycles. The summed E-state index contributed by atoms with van der Waals surface area (Å²) in [6.07, 6.45) is 5.95. The summed E-state index contributed by atoms with van der Waals surface area (Å²) in [4.78, 5) is 42.9. The third-order valence-electron chi connectivity index (χ3n) is 6.71. The van der Waals surface area contributed by atoms with Crippen molar-refractivity contribution in [3.05, 3.63) is 31.9 Å². The lowest BCUT2D eigenvalue weighted by Gasteiger charge is -2.35. The number of aromatic nitrogens is 1. The van der Waals surface area contributed by atoms with Crippen LogP contribution in [0, 0.1) is 24.2 Å². The monoisotopic (exact) mass is 530 g/mol. The fraction of sp³-hybridized carbons (Fsp3) is 0.577. The number of thiocarbonyl (C=S) groups is 1. The van der Waals surface area contributed by atoms with Crippen molar-refractivity contribution in [2.45, 2.75) is 66.3 Å². The molecule has 2 aliphatic rings. The molecular formula is C26H34N4O4S2. The van der Waals surface area contributed by atoms with Gasteiger partial charge in [-0.15, -0.1) is 0 Å². The van der Waals surface area contributed by atoms with E-state index in [-0.39, 0.29) is 28.9 Å². The van der Waals surface area contributed by atoms with Crippen molar-refractivity contribution in [3.63, 3.8) is 0 Å². The van der Waals surface area contributed by atoms with E-state index in [1.54, 1.807) is 29.4 Å². The van der Waals surface area contributed by atoms with Gasteiger partial charge in [0.15, 0.2) is 0 Å². The van der Waals surface area contributed by atoms with E-state index in [1.807, 2.05) is 6.92 Å². The van der Waals surface area contributed by atoms with Crippen LogP contribution < -0.4 is 10.5 Å². The molecule has 0 radical (unpaired) electrons. The SMILES string of the molecule is CCCCCN1C(=O)/C(=C/c2c(C)c(C#N)c(=O)n(CC)c2N2CCC(C(=O)OCC)CC2)SC1=S. The van der Waals surface area contributed by atoms with Crippen LogP contribution in [0.25, 0.3) is 6.08 Å². The smallest absolute Gasteiger partial charge is 0.309 e. The number of thioether (sulfide) groups is 1. The normalized spacial score (nSPS) is 17.7. The van der Waals surface area contributed by atoms with Gasteiger partial charge in [-0.1, -0.05) is 43.7 Å². The Morgan fingerprint density at radius 1 is 1.22 bits per heavy atom. The number of carbonyl (C=O) groups is 2. The van der Waals surface area contributed by atoms with Gasteiger partial charge in [-0.3, -0.25) is 23.9 Å². The van der Waals surface area contributed by atoms with Gasteiger partial charge in [0.25, 0.3) is 11.5 Å².